The van der Waals surface area contributed by atoms with E-state index in [1.807, 2.05) is 48.5 Å². The average Bonchev–Trinajstić information content (AvgIpc) is 3.61. The van der Waals surface area contributed by atoms with Crippen molar-refractivity contribution in [3.8, 4) is 0 Å². The number of amides is 1. The summed E-state index contributed by atoms with van der Waals surface area (Å²) in [5.41, 5.74) is 0.323. The Balaban J connectivity index is 1.31. The van der Waals surface area contributed by atoms with E-state index in [9.17, 15) is 24.9 Å². The number of hydrogen-bond donors (Lipinski definition) is 5. The van der Waals surface area contributed by atoms with Crippen molar-refractivity contribution in [2.24, 2.45) is 0 Å². The number of rotatable bonds is 9. The van der Waals surface area contributed by atoms with Crippen LogP contribution in [0, 0.1) is 0 Å². The lowest BCUT2D eigenvalue weighted by Crippen LogP contribution is -2.66. The van der Waals surface area contributed by atoms with Gasteiger partial charge in [-0.15, -0.1) is 0 Å². The molecule has 0 radical (unpaired) electrons. The third kappa shape index (κ3) is 5.93. The number of aromatic amines is 1. The minimum absolute atomic E-state index is 0.0159. The van der Waals surface area contributed by atoms with Gasteiger partial charge in [0.1, 0.15) is 18.3 Å². The molecule has 3 aromatic carbocycles. The molecule has 47 heavy (non-hydrogen) atoms. The molecule has 1 amide bonds. The van der Waals surface area contributed by atoms with E-state index in [1.54, 1.807) is 12.1 Å². The Morgan fingerprint density at radius 2 is 1.60 bits per heavy atom. The Hall–Kier alpha value is -4.50. The second-order valence-corrected chi connectivity index (χ2v) is 16.8. The summed E-state index contributed by atoms with van der Waals surface area (Å²) in [6.45, 7) is 6.18. The van der Waals surface area contributed by atoms with Gasteiger partial charge >= 0.3 is 0 Å². The molecule has 1 aliphatic heterocycles. The van der Waals surface area contributed by atoms with Gasteiger partial charge in [-0.2, -0.15) is 4.98 Å². The molecular weight excluding hydrogens is 618 g/mol. The highest BCUT2D eigenvalue weighted by atomic mass is 28.4. The maximum atomic E-state index is 13.7. The number of carbonyl (C=O) groups is 1. The molecule has 6 rings (SSSR count). The molecule has 1 aliphatic rings. The number of aliphatic hydroxyl groups excluding tert-OH is 3. The molecule has 13 heteroatoms. The molecule has 5 aromatic rings. The van der Waals surface area contributed by atoms with Gasteiger partial charge in [0.05, 0.1) is 19.5 Å². The van der Waals surface area contributed by atoms with Crippen LogP contribution in [-0.4, -0.2) is 74.0 Å². The average molecular weight is 656 g/mol. The topological polar surface area (TPSA) is 172 Å². The number of benzene rings is 3. The van der Waals surface area contributed by atoms with Gasteiger partial charge in [0.15, 0.2) is 17.4 Å². The molecule has 0 unspecified atom stereocenters. The number of carbonyl (C=O) groups excluding carboxylic acids is 1. The van der Waals surface area contributed by atoms with Crippen LogP contribution < -0.4 is 21.2 Å². The van der Waals surface area contributed by atoms with E-state index in [1.165, 1.54) is 10.9 Å². The van der Waals surface area contributed by atoms with E-state index in [0.717, 1.165) is 10.4 Å². The Morgan fingerprint density at radius 3 is 2.19 bits per heavy atom. The van der Waals surface area contributed by atoms with Crippen LogP contribution in [0.4, 0.5) is 5.95 Å². The van der Waals surface area contributed by atoms with Gasteiger partial charge in [-0.05, 0) is 27.0 Å². The number of nitrogens with zero attached hydrogens (tertiary/aromatic N) is 3. The van der Waals surface area contributed by atoms with Crippen LogP contribution >= 0.6 is 0 Å². The van der Waals surface area contributed by atoms with Gasteiger partial charge in [-0.3, -0.25) is 24.5 Å². The number of aliphatic hydroxyl groups is 3. The number of hydrogen-bond acceptors (Lipinski definition) is 9. The van der Waals surface area contributed by atoms with Crippen LogP contribution in [0.1, 0.15) is 42.9 Å². The van der Waals surface area contributed by atoms with Crippen molar-refractivity contribution in [1.82, 2.24) is 19.5 Å². The van der Waals surface area contributed by atoms with Crippen LogP contribution in [0.25, 0.3) is 11.2 Å². The minimum Gasteiger partial charge on any atom is -0.403 e. The SMILES string of the molecule is CC(C)(C)[Si](OCc1ccccc1C(=O)Nc1nc2c(ncn2[C@@H]2O[C@H](CO)[C@@H](O)[C@H]2O)c(=O)[nH]1)(c1ccccc1)c1ccccc1. The molecular formula is C34H37N5O7Si. The number of fused-ring (bicyclic) bond motifs is 1. The molecule has 244 valence electrons. The monoisotopic (exact) mass is 655 g/mol. The number of H-pyrrole nitrogens is 1. The third-order valence-electron chi connectivity index (χ3n) is 8.58. The van der Waals surface area contributed by atoms with E-state index in [-0.39, 0.29) is 28.8 Å². The van der Waals surface area contributed by atoms with Crippen molar-refractivity contribution in [2.75, 3.05) is 11.9 Å². The third-order valence-corrected chi connectivity index (χ3v) is 13.6. The Bertz CT molecular complexity index is 1890. The zero-order valence-electron chi connectivity index (χ0n) is 26.2. The van der Waals surface area contributed by atoms with Gasteiger partial charge in [0.25, 0.3) is 19.8 Å². The summed E-state index contributed by atoms with van der Waals surface area (Å²) in [5, 5.41) is 34.9. The highest BCUT2D eigenvalue weighted by molar-refractivity contribution is 6.99. The van der Waals surface area contributed by atoms with Crippen molar-refractivity contribution in [2.45, 2.75) is 57.0 Å². The second-order valence-electron chi connectivity index (χ2n) is 12.5. The molecule has 0 spiro atoms. The zero-order chi connectivity index (χ0) is 33.3. The summed E-state index contributed by atoms with van der Waals surface area (Å²) >= 11 is 0. The van der Waals surface area contributed by atoms with Crippen molar-refractivity contribution >= 4 is 41.7 Å². The summed E-state index contributed by atoms with van der Waals surface area (Å²) in [4.78, 5) is 37.7. The van der Waals surface area contributed by atoms with Crippen molar-refractivity contribution in [3.05, 3.63) is 113 Å². The van der Waals surface area contributed by atoms with Gasteiger partial charge in [0.2, 0.25) is 5.95 Å². The van der Waals surface area contributed by atoms with Gasteiger partial charge in [-0.25, -0.2) is 4.98 Å². The van der Waals surface area contributed by atoms with E-state index in [2.05, 4.69) is 65.3 Å². The standard InChI is InChI=1S/C34H37N5O7Si/c1-34(2,3)47(22-13-6-4-7-14-22,23-15-8-5-9-16-23)45-19-21-12-10-11-17-24(21)30(43)37-33-36-29-26(31(44)38-33)35-20-39(29)32-28(42)27(41)25(18-40)46-32/h4-17,20,25,27-28,32,40-42H,18-19H2,1-3H3,(H2,36,37,38,43,44)/t25-,27-,28-,32-/m1/s1. The van der Waals surface area contributed by atoms with Gasteiger partial charge in [-0.1, -0.05) is 99.6 Å². The summed E-state index contributed by atoms with van der Waals surface area (Å²) in [5.74, 6) is -0.670. The first-order chi connectivity index (χ1) is 22.5. The van der Waals surface area contributed by atoms with Crippen molar-refractivity contribution in [3.63, 3.8) is 0 Å². The Kier molecular flexibility index (Phi) is 8.94. The van der Waals surface area contributed by atoms with Crippen molar-refractivity contribution < 1.29 is 29.3 Å². The summed E-state index contributed by atoms with van der Waals surface area (Å²) in [6, 6.07) is 27.5. The normalized spacial score (nSPS) is 20.0. The second kappa shape index (κ2) is 12.9. The molecule has 3 heterocycles. The number of aromatic nitrogens is 4. The number of anilines is 1. The van der Waals surface area contributed by atoms with Crippen LogP contribution in [0.5, 0.6) is 0 Å². The van der Waals surface area contributed by atoms with E-state index in [4.69, 9.17) is 9.16 Å². The molecule has 2 aromatic heterocycles. The summed E-state index contributed by atoms with van der Waals surface area (Å²) in [6.07, 6.45) is -3.71. The largest absolute Gasteiger partial charge is 0.403 e. The van der Waals surface area contributed by atoms with Crippen LogP contribution in [0.15, 0.2) is 96.1 Å². The maximum absolute atomic E-state index is 13.7. The highest BCUT2D eigenvalue weighted by Crippen LogP contribution is 2.37. The van der Waals surface area contributed by atoms with Crippen LogP contribution in [0.2, 0.25) is 5.04 Å². The zero-order valence-corrected chi connectivity index (χ0v) is 27.2. The molecule has 0 aliphatic carbocycles. The summed E-state index contributed by atoms with van der Waals surface area (Å²) in [7, 11) is -2.90. The maximum Gasteiger partial charge on any atom is 0.280 e. The van der Waals surface area contributed by atoms with E-state index >= 15 is 0 Å². The van der Waals surface area contributed by atoms with E-state index in [0.29, 0.717) is 11.1 Å². The smallest absolute Gasteiger partial charge is 0.280 e. The highest BCUT2D eigenvalue weighted by Gasteiger charge is 2.50. The fourth-order valence-electron chi connectivity index (χ4n) is 6.27. The fourth-order valence-corrected chi connectivity index (χ4v) is 10.8. The molecule has 0 saturated carbocycles. The Morgan fingerprint density at radius 1 is 0.979 bits per heavy atom. The summed E-state index contributed by atoms with van der Waals surface area (Å²) < 4.78 is 14.0. The first-order valence-electron chi connectivity index (χ1n) is 15.3. The van der Waals surface area contributed by atoms with Gasteiger partial charge < -0.3 is 24.5 Å². The quantitative estimate of drug-likeness (QED) is 0.149. The van der Waals surface area contributed by atoms with E-state index < -0.39 is 50.9 Å². The number of nitrogens with one attached hydrogen (secondary N) is 2. The first-order valence-corrected chi connectivity index (χ1v) is 17.2. The molecule has 1 saturated heterocycles. The van der Waals surface area contributed by atoms with Crippen LogP contribution in [-0.2, 0) is 15.8 Å². The lowest BCUT2D eigenvalue weighted by Gasteiger charge is -2.43. The number of ether oxygens (including phenoxy) is 1. The molecule has 1 fully saturated rings. The number of imidazole rings is 1. The minimum atomic E-state index is -2.90. The molecule has 4 atom stereocenters. The lowest BCUT2D eigenvalue weighted by molar-refractivity contribution is -0.0511. The predicted octanol–water partition coefficient (Wildman–Crippen LogP) is 2.06. The molecule has 12 nitrogen and oxygen atoms in total. The van der Waals surface area contributed by atoms with Crippen molar-refractivity contribution in [1.29, 1.82) is 0 Å². The lowest BCUT2D eigenvalue weighted by atomic mass is 10.1. The van der Waals surface area contributed by atoms with Gasteiger partial charge in [0, 0.05) is 5.56 Å². The first kappa shape index (κ1) is 32.4. The molecule has 5 N–H and O–H groups in total. The predicted molar refractivity (Wildman–Crippen MR) is 178 cm³/mol. The van der Waals surface area contributed by atoms with Crippen LogP contribution in [0.3, 0.4) is 0 Å². The molecule has 0 bridgehead atoms. The Labute approximate surface area is 271 Å². The fraction of sp³-hybridized carbons (Fsp3) is 0.294.